The Morgan fingerprint density at radius 1 is 1.28 bits per heavy atom. The molecule has 0 saturated carbocycles. The van der Waals surface area contributed by atoms with E-state index in [2.05, 4.69) is 25.1 Å². The molecule has 3 heterocycles. The number of benzene rings is 1. The maximum Gasteiger partial charge on any atom is 0.291 e. The normalized spacial score (nSPS) is 12.5. The Labute approximate surface area is 184 Å². The Kier molecular flexibility index (Phi) is 5.69. The van der Waals surface area contributed by atoms with Crippen molar-refractivity contribution in [1.29, 1.82) is 0 Å². The Balaban J connectivity index is 1.76. The predicted octanol–water partition coefficient (Wildman–Crippen LogP) is 4.05. The van der Waals surface area contributed by atoms with Crippen molar-refractivity contribution >= 4 is 23.1 Å². The second-order valence-electron chi connectivity index (χ2n) is 7.36. The van der Waals surface area contributed by atoms with Crippen molar-refractivity contribution < 1.29 is 13.9 Å². The van der Waals surface area contributed by atoms with Gasteiger partial charge in [-0.25, -0.2) is 4.39 Å². The van der Waals surface area contributed by atoms with E-state index in [4.69, 9.17) is 11.3 Å². The topological polar surface area (TPSA) is 84.6 Å². The van der Waals surface area contributed by atoms with Crippen molar-refractivity contribution in [1.82, 2.24) is 19.9 Å². The number of aromatic nitrogens is 3. The molecule has 0 bridgehead atoms. The van der Waals surface area contributed by atoms with Crippen molar-refractivity contribution in [2.45, 2.75) is 26.3 Å². The lowest BCUT2D eigenvalue weighted by Crippen LogP contribution is -2.18. The average Bonchev–Trinajstić information content (AvgIpc) is 3.07. The van der Waals surface area contributed by atoms with E-state index < -0.39 is 5.82 Å². The van der Waals surface area contributed by atoms with E-state index in [-0.39, 0.29) is 17.5 Å². The molecule has 162 valence electrons. The van der Waals surface area contributed by atoms with Gasteiger partial charge in [-0.15, -0.1) is 4.98 Å². The van der Waals surface area contributed by atoms with Crippen LogP contribution in [0, 0.1) is 12.4 Å². The van der Waals surface area contributed by atoms with Crippen LogP contribution in [0.2, 0.25) is 0 Å². The summed E-state index contributed by atoms with van der Waals surface area (Å²) in [6, 6.07) is 6.29. The molecule has 32 heavy (non-hydrogen) atoms. The third kappa shape index (κ3) is 3.83. The van der Waals surface area contributed by atoms with Gasteiger partial charge in [0.2, 0.25) is 0 Å². The van der Waals surface area contributed by atoms with Gasteiger partial charge in [-0.2, -0.15) is 0 Å². The van der Waals surface area contributed by atoms with E-state index in [9.17, 15) is 9.18 Å². The van der Waals surface area contributed by atoms with Gasteiger partial charge in [0.1, 0.15) is 0 Å². The summed E-state index contributed by atoms with van der Waals surface area (Å²) >= 11 is 0. The summed E-state index contributed by atoms with van der Waals surface area (Å²) < 4.78 is 19.4. The van der Waals surface area contributed by atoms with Crippen LogP contribution < -0.4 is 10.1 Å². The summed E-state index contributed by atoms with van der Waals surface area (Å²) in [5, 5.41) is 3.15. The lowest BCUT2D eigenvalue weighted by Gasteiger charge is -2.15. The third-order valence-corrected chi connectivity index (χ3v) is 5.22. The Morgan fingerprint density at radius 3 is 2.81 bits per heavy atom. The number of amides is 1. The minimum Gasteiger partial charge on any atom is -0.492 e. The average molecular weight is 432 g/mol. The van der Waals surface area contributed by atoms with Gasteiger partial charge in [-0.1, -0.05) is 19.6 Å². The van der Waals surface area contributed by atoms with Gasteiger partial charge in [0.05, 0.1) is 60.3 Å². The number of nitrogens with zero attached hydrogens (tertiary/aromatic N) is 5. The van der Waals surface area contributed by atoms with Crippen LogP contribution in [0.25, 0.3) is 4.85 Å². The van der Waals surface area contributed by atoms with Gasteiger partial charge in [0.15, 0.2) is 17.3 Å². The number of halogens is 1. The highest BCUT2D eigenvalue weighted by Crippen LogP contribution is 2.35. The molecule has 0 unspecified atom stereocenters. The number of fused-ring (bicyclic) bond motifs is 1. The number of ether oxygens (including phenoxy) is 1. The molecule has 1 N–H and O–H groups in total. The van der Waals surface area contributed by atoms with Gasteiger partial charge < -0.3 is 19.8 Å². The third-order valence-electron chi connectivity index (χ3n) is 5.22. The molecule has 0 atom stereocenters. The number of para-hydroxylation sites is 1. The molecular formula is C23H21FN6O2. The number of anilines is 2. The molecule has 0 fully saturated rings. The molecule has 8 nitrogen and oxygen atoms in total. The highest BCUT2D eigenvalue weighted by molar-refractivity contribution is 6.03. The SMILES string of the molecule is [C-]#[N+]c1nc(Cc2cc(Nc3cccc(F)c3OC)c3c(n2)CN(C)C3=O)cnc1CC. The lowest BCUT2D eigenvalue weighted by molar-refractivity contribution is 0.0817. The zero-order chi connectivity index (χ0) is 22.8. The molecule has 0 radical (unpaired) electrons. The fourth-order valence-electron chi connectivity index (χ4n) is 3.69. The quantitative estimate of drug-likeness (QED) is 0.592. The molecule has 3 aromatic rings. The lowest BCUT2D eigenvalue weighted by atomic mass is 10.1. The molecule has 1 aliphatic rings. The van der Waals surface area contributed by atoms with Gasteiger partial charge in [-0.3, -0.25) is 14.8 Å². The summed E-state index contributed by atoms with van der Waals surface area (Å²) in [5.74, 6) is -0.339. The number of nitrogens with one attached hydrogen (secondary N) is 1. The van der Waals surface area contributed by atoms with Crippen LogP contribution in [0.1, 0.15) is 40.1 Å². The zero-order valence-corrected chi connectivity index (χ0v) is 17.9. The fourth-order valence-corrected chi connectivity index (χ4v) is 3.69. The first-order chi connectivity index (χ1) is 15.4. The van der Waals surface area contributed by atoms with Crippen LogP contribution >= 0.6 is 0 Å². The maximum absolute atomic E-state index is 14.2. The van der Waals surface area contributed by atoms with E-state index in [1.165, 1.54) is 13.2 Å². The number of methoxy groups -OCH3 is 1. The van der Waals surface area contributed by atoms with E-state index in [0.717, 1.165) is 0 Å². The Hall–Kier alpha value is -4.06. The molecule has 4 rings (SSSR count). The smallest absolute Gasteiger partial charge is 0.291 e. The molecule has 2 aromatic heterocycles. The second-order valence-corrected chi connectivity index (χ2v) is 7.36. The predicted molar refractivity (Wildman–Crippen MR) is 117 cm³/mol. The van der Waals surface area contributed by atoms with Gasteiger partial charge >= 0.3 is 0 Å². The van der Waals surface area contributed by atoms with Crippen LogP contribution in [-0.2, 0) is 19.4 Å². The first-order valence-electron chi connectivity index (χ1n) is 10.0. The summed E-state index contributed by atoms with van der Waals surface area (Å²) in [5.41, 5.74) is 3.88. The summed E-state index contributed by atoms with van der Waals surface area (Å²) in [7, 11) is 3.09. The molecule has 0 spiro atoms. The van der Waals surface area contributed by atoms with E-state index in [1.54, 1.807) is 36.3 Å². The first-order valence-corrected chi connectivity index (χ1v) is 10.0. The van der Waals surface area contributed by atoms with Crippen molar-refractivity contribution in [3.8, 4) is 5.75 Å². The van der Waals surface area contributed by atoms with E-state index in [0.29, 0.717) is 59.1 Å². The zero-order valence-electron chi connectivity index (χ0n) is 17.9. The van der Waals surface area contributed by atoms with Gasteiger partial charge in [0.25, 0.3) is 11.7 Å². The number of rotatable bonds is 6. The summed E-state index contributed by atoms with van der Waals surface area (Å²) in [4.78, 5) is 31.2. The molecular weight excluding hydrogens is 411 g/mol. The number of carbonyl (C=O) groups excluding carboxylic acids is 1. The number of hydrogen-bond acceptors (Lipinski definition) is 6. The summed E-state index contributed by atoms with van der Waals surface area (Å²) in [6.45, 7) is 9.62. The number of pyridine rings is 1. The van der Waals surface area contributed by atoms with Gasteiger partial charge in [-0.05, 0) is 24.6 Å². The number of hydrogen-bond donors (Lipinski definition) is 1. The second kappa shape index (κ2) is 8.59. The first kappa shape index (κ1) is 21.2. The highest BCUT2D eigenvalue weighted by atomic mass is 19.1. The largest absolute Gasteiger partial charge is 0.492 e. The molecule has 0 aliphatic carbocycles. The Bertz CT molecular complexity index is 1250. The molecule has 9 heteroatoms. The van der Waals surface area contributed by atoms with Crippen LogP contribution in [0.4, 0.5) is 21.6 Å². The van der Waals surface area contributed by atoms with Crippen molar-refractivity contribution in [2.75, 3.05) is 19.5 Å². The Morgan fingerprint density at radius 2 is 2.09 bits per heavy atom. The minimum absolute atomic E-state index is 0.0566. The molecule has 1 aliphatic heterocycles. The van der Waals surface area contributed by atoms with Gasteiger partial charge in [0, 0.05) is 7.05 Å². The summed E-state index contributed by atoms with van der Waals surface area (Å²) in [6.07, 6.45) is 2.60. The monoisotopic (exact) mass is 432 g/mol. The molecule has 1 amide bonds. The van der Waals surface area contributed by atoms with Crippen LogP contribution in [0.5, 0.6) is 5.75 Å². The molecule has 1 aromatic carbocycles. The number of aryl methyl sites for hydroxylation is 1. The van der Waals surface area contributed by atoms with Crippen molar-refractivity contribution in [3.05, 3.63) is 76.0 Å². The van der Waals surface area contributed by atoms with Crippen molar-refractivity contribution in [3.63, 3.8) is 0 Å². The van der Waals surface area contributed by atoms with Crippen LogP contribution in [0.15, 0.2) is 30.5 Å². The van der Waals surface area contributed by atoms with E-state index in [1.807, 2.05) is 6.92 Å². The molecule has 0 saturated heterocycles. The fraction of sp³-hybridized carbons (Fsp3) is 0.261. The maximum atomic E-state index is 14.2. The number of carbonyl (C=O) groups is 1. The minimum atomic E-state index is -0.509. The highest BCUT2D eigenvalue weighted by Gasteiger charge is 2.30. The van der Waals surface area contributed by atoms with Crippen LogP contribution in [0.3, 0.4) is 0 Å². The van der Waals surface area contributed by atoms with Crippen molar-refractivity contribution in [2.24, 2.45) is 0 Å². The standard InChI is InChI=1S/C23H21FN6O2/c1-5-16-22(25-2)28-14(11-26-16)9-13-10-18(20-19(27-13)12-30(3)23(20)31)29-17-8-6-7-15(24)21(17)32-4/h6-8,10-11H,5,9,12H2,1,3-4H3,(H,27,29). The van der Waals surface area contributed by atoms with Crippen LogP contribution in [-0.4, -0.2) is 39.9 Å². The van der Waals surface area contributed by atoms with E-state index >= 15 is 0 Å².